The van der Waals surface area contributed by atoms with Gasteiger partial charge in [0, 0.05) is 0 Å². The molecule has 1 heterocycles. The maximum atomic E-state index is 11.6. The number of hydrogen-bond acceptors (Lipinski definition) is 6. The summed E-state index contributed by atoms with van der Waals surface area (Å²) >= 11 is 0. The monoisotopic (exact) mass is 260 g/mol. The lowest BCUT2D eigenvalue weighted by molar-refractivity contribution is -0.148. The van der Waals surface area contributed by atoms with Crippen molar-refractivity contribution in [2.24, 2.45) is 11.7 Å². The predicted molar refractivity (Wildman–Crippen MR) is 58.5 cm³/mol. The lowest BCUT2D eigenvalue weighted by atomic mass is 10.0. The van der Waals surface area contributed by atoms with Gasteiger partial charge in [0.25, 0.3) is 0 Å². The summed E-state index contributed by atoms with van der Waals surface area (Å²) in [4.78, 5) is 33.7. The molecule has 3 unspecified atom stereocenters. The largest absolute Gasteiger partial charge is 0.481 e. The number of carboxylic acids is 1. The van der Waals surface area contributed by atoms with Crippen molar-refractivity contribution in [3.05, 3.63) is 0 Å². The SMILES string of the molecule is CCOC(=O)C(N)C(=O)NC1COCC1C(=O)O. The molecule has 1 amide bonds. The van der Waals surface area contributed by atoms with Crippen molar-refractivity contribution in [3.63, 3.8) is 0 Å². The number of rotatable bonds is 5. The van der Waals surface area contributed by atoms with Gasteiger partial charge in [0.2, 0.25) is 5.91 Å². The van der Waals surface area contributed by atoms with E-state index in [4.69, 9.17) is 15.6 Å². The second-order valence-corrected chi connectivity index (χ2v) is 3.83. The van der Waals surface area contributed by atoms with Crippen LogP contribution in [-0.4, -0.2) is 54.9 Å². The molecule has 3 atom stereocenters. The fourth-order valence-electron chi connectivity index (χ4n) is 1.55. The molecule has 1 saturated heterocycles. The van der Waals surface area contributed by atoms with Crippen molar-refractivity contribution >= 4 is 17.8 Å². The van der Waals surface area contributed by atoms with E-state index in [-0.39, 0.29) is 19.8 Å². The molecule has 0 aromatic heterocycles. The zero-order chi connectivity index (χ0) is 13.7. The Labute approximate surface area is 103 Å². The first-order valence-electron chi connectivity index (χ1n) is 5.50. The maximum absolute atomic E-state index is 11.6. The molecular weight excluding hydrogens is 244 g/mol. The molecule has 0 radical (unpaired) electrons. The van der Waals surface area contributed by atoms with Crippen LogP contribution in [0.2, 0.25) is 0 Å². The molecule has 18 heavy (non-hydrogen) atoms. The fourth-order valence-corrected chi connectivity index (χ4v) is 1.55. The van der Waals surface area contributed by atoms with Crippen LogP contribution in [0, 0.1) is 5.92 Å². The summed E-state index contributed by atoms with van der Waals surface area (Å²) in [5, 5.41) is 11.3. The van der Waals surface area contributed by atoms with E-state index in [9.17, 15) is 14.4 Å². The van der Waals surface area contributed by atoms with Gasteiger partial charge in [-0.15, -0.1) is 0 Å². The van der Waals surface area contributed by atoms with Crippen LogP contribution in [0.5, 0.6) is 0 Å². The van der Waals surface area contributed by atoms with Gasteiger partial charge in [-0.2, -0.15) is 0 Å². The van der Waals surface area contributed by atoms with E-state index < -0.39 is 35.8 Å². The first kappa shape index (κ1) is 14.4. The summed E-state index contributed by atoms with van der Waals surface area (Å²) in [5.74, 6) is -3.51. The molecule has 1 rings (SSSR count). The topological polar surface area (TPSA) is 128 Å². The van der Waals surface area contributed by atoms with E-state index in [1.165, 1.54) is 0 Å². The Morgan fingerprint density at radius 3 is 2.72 bits per heavy atom. The molecule has 1 aliphatic rings. The van der Waals surface area contributed by atoms with Crippen LogP contribution in [-0.2, 0) is 23.9 Å². The zero-order valence-electron chi connectivity index (χ0n) is 9.92. The average Bonchev–Trinajstić information content (AvgIpc) is 2.76. The van der Waals surface area contributed by atoms with Crippen LogP contribution >= 0.6 is 0 Å². The summed E-state index contributed by atoms with van der Waals surface area (Å²) < 4.78 is 9.56. The highest BCUT2D eigenvalue weighted by atomic mass is 16.5. The Morgan fingerprint density at radius 2 is 2.17 bits per heavy atom. The molecule has 1 aliphatic heterocycles. The second kappa shape index (κ2) is 6.31. The number of nitrogens with one attached hydrogen (secondary N) is 1. The van der Waals surface area contributed by atoms with E-state index >= 15 is 0 Å². The van der Waals surface area contributed by atoms with Crippen molar-refractivity contribution < 1.29 is 29.0 Å². The Bertz CT molecular complexity index is 345. The Morgan fingerprint density at radius 1 is 1.50 bits per heavy atom. The standard InChI is InChI=1S/C10H16N2O6/c1-2-18-10(16)7(11)8(13)12-6-4-17-3-5(6)9(14)15/h5-7H,2-4,11H2,1H3,(H,12,13)(H,14,15). The number of esters is 1. The smallest absolute Gasteiger partial charge is 0.332 e. The van der Waals surface area contributed by atoms with Gasteiger partial charge < -0.3 is 25.6 Å². The average molecular weight is 260 g/mol. The first-order valence-corrected chi connectivity index (χ1v) is 5.50. The minimum atomic E-state index is -1.46. The molecule has 0 bridgehead atoms. The highest BCUT2D eigenvalue weighted by molar-refractivity contribution is 6.01. The Balaban J connectivity index is 2.53. The van der Waals surface area contributed by atoms with Gasteiger partial charge in [-0.25, -0.2) is 4.79 Å². The third-order valence-corrected chi connectivity index (χ3v) is 2.55. The van der Waals surface area contributed by atoms with Crippen molar-refractivity contribution in [3.8, 4) is 0 Å². The molecule has 0 aromatic carbocycles. The fraction of sp³-hybridized carbons (Fsp3) is 0.700. The number of carbonyl (C=O) groups is 3. The molecule has 0 aromatic rings. The second-order valence-electron chi connectivity index (χ2n) is 3.83. The van der Waals surface area contributed by atoms with Crippen LogP contribution < -0.4 is 11.1 Å². The number of aliphatic carboxylic acids is 1. The third-order valence-electron chi connectivity index (χ3n) is 2.55. The number of hydrogen-bond donors (Lipinski definition) is 3. The van der Waals surface area contributed by atoms with Gasteiger partial charge in [0.05, 0.1) is 25.9 Å². The van der Waals surface area contributed by atoms with Crippen molar-refractivity contribution in [1.29, 1.82) is 0 Å². The lowest BCUT2D eigenvalue weighted by Crippen LogP contribution is -2.52. The van der Waals surface area contributed by atoms with Gasteiger partial charge >= 0.3 is 11.9 Å². The van der Waals surface area contributed by atoms with Gasteiger partial charge in [-0.05, 0) is 6.92 Å². The van der Waals surface area contributed by atoms with E-state index in [0.717, 1.165) is 0 Å². The van der Waals surface area contributed by atoms with Crippen molar-refractivity contribution in [2.75, 3.05) is 19.8 Å². The van der Waals surface area contributed by atoms with Crippen LogP contribution in [0.3, 0.4) is 0 Å². The minimum absolute atomic E-state index is 0.0227. The van der Waals surface area contributed by atoms with Gasteiger partial charge in [0.1, 0.15) is 5.92 Å². The summed E-state index contributed by atoms with van der Waals surface area (Å²) in [6.45, 7) is 1.81. The quantitative estimate of drug-likeness (QED) is 0.388. The van der Waals surface area contributed by atoms with Gasteiger partial charge in [-0.1, -0.05) is 0 Å². The number of nitrogens with two attached hydrogens (primary N) is 1. The highest BCUT2D eigenvalue weighted by Gasteiger charge is 2.36. The molecule has 4 N–H and O–H groups in total. The van der Waals surface area contributed by atoms with E-state index in [1.807, 2.05) is 0 Å². The molecular formula is C10H16N2O6. The zero-order valence-corrected chi connectivity index (χ0v) is 9.92. The molecule has 0 spiro atoms. The maximum Gasteiger partial charge on any atom is 0.332 e. The van der Waals surface area contributed by atoms with E-state index in [0.29, 0.717) is 0 Å². The van der Waals surface area contributed by atoms with Crippen LogP contribution in [0.15, 0.2) is 0 Å². The number of carboxylic acid groups (broad SMARTS) is 1. The number of ether oxygens (including phenoxy) is 2. The number of amides is 1. The molecule has 0 saturated carbocycles. The summed E-state index contributed by atoms with van der Waals surface area (Å²) in [6, 6.07) is -2.14. The normalized spacial score (nSPS) is 24.3. The number of carbonyl (C=O) groups excluding carboxylic acids is 2. The summed E-state index contributed by atoms with van der Waals surface area (Å²) in [7, 11) is 0. The first-order chi connectivity index (χ1) is 8.47. The highest BCUT2D eigenvalue weighted by Crippen LogP contribution is 2.13. The lowest BCUT2D eigenvalue weighted by Gasteiger charge is -2.17. The van der Waals surface area contributed by atoms with Crippen molar-refractivity contribution in [1.82, 2.24) is 5.32 Å². The van der Waals surface area contributed by atoms with E-state index in [1.54, 1.807) is 6.92 Å². The molecule has 102 valence electrons. The Hall–Kier alpha value is -1.67. The van der Waals surface area contributed by atoms with Crippen LogP contribution in [0.4, 0.5) is 0 Å². The molecule has 8 nitrogen and oxygen atoms in total. The van der Waals surface area contributed by atoms with Crippen LogP contribution in [0.25, 0.3) is 0 Å². The van der Waals surface area contributed by atoms with Crippen molar-refractivity contribution in [2.45, 2.75) is 19.0 Å². The molecule has 0 aliphatic carbocycles. The predicted octanol–water partition coefficient (Wildman–Crippen LogP) is -1.91. The Kier molecular flexibility index (Phi) is 5.05. The van der Waals surface area contributed by atoms with Crippen LogP contribution in [0.1, 0.15) is 6.92 Å². The minimum Gasteiger partial charge on any atom is -0.481 e. The van der Waals surface area contributed by atoms with E-state index in [2.05, 4.69) is 10.1 Å². The molecule has 8 heteroatoms. The third kappa shape index (κ3) is 3.41. The summed E-state index contributed by atoms with van der Waals surface area (Å²) in [6.07, 6.45) is 0. The summed E-state index contributed by atoms with van der Waals surface area (Å²) in [5.41, 5.74) is 5.37. The van der Waals surface area contributed by atoms with Gasteiger partial charge in [0.15, 0.2) is 6.04 Å². The van der Waals surface area contributed by atoms with Gasteiger partial charge in [-0.3, -0.25) is 9.59 Å². The molecule has 1 fully saturated rings.